The first-order valence-electron chi connectivity index (χ1n) is 8.48. The van der Waals surface area contributed by atoms with Gasteiger partial charge in [0.2, 0.25) is 11.8 Å². The van der Waals surface area contributed by atoms with Crippen molar-refractivity contribution in [1.82, 2.24) is 9.88 Å². The Balaban J connectivity index is 1.45. The molecule has 7 heteroatoms. The van der Waals surface area contributed by atoms with E-state index >= 15 is 0 Å². The van der Waals surface area contributed by atoms with E-state index in [2.05, 4.69) is 22.4 Å². The second kappa shape index (κ2) is 6.57. The van der Waals surface area contributed by atoms with Gasteiger partial charge in [-0.3, -0.25) is 9.59 Å². The van der Waals surface area contributed by atoms with Crippen molar-refractivity contribution in [2.75, 3.05) is 11.9 Å². The number of hydrogen-bond donors (Lipinski definition) is 1. The molecule has 26 heavy (non-hydrogen) atoms. The zero-order chi connectivity index (χ0) is 18.3. The van der Waals surface area contributed by atoms with Crippen LogP contribution in [-0.4, -0.2) is 28.2 Å². The number of carbonyl (C=O) groups is 2. The summed E-state index contributed by atoms with van der Waals surface area (Å²) in [6.45, 7) is 4.86. The molecule has 0 aliphatic carbocycles. The van der Waals surface area contributed by atoms with Gasteiger partial charge in [-0.25, -0.2) is 4.98 Å². The highest BCUT2D eigenvalue weighted by Crippen LogP contribution is 2.30. The van der Waals surface area contributed by atoms with Crippen LogP contribution in [0.3, 0.4) is 0 Å². The molecule has 0 saturated carbocycles. The Morgan fingerprint density at radius 2 is 2.27 bits per heavy atom. The quantitative estimate of drug-likeness (QED) is 0.764. The van der Waals surface area contributed by atoms with Crippen LogP contribution in [0.25, 0.3) is 10.2 Å². The molecule has 6 nitrogen and oxygen atoms in total. The Kier molecular flexibility index (Phi) is 4.24. The third kappa shape index (κ3) is 3.22. The number of amides is 2. The minimum absolute atomic E-state index is 0.0303. The summed E-state index contributed by atoms with van der Waals surface area (Å²) in [6.07, 6.45) is 1.80. The van der Waals surface area contributed by atoms with Crippen molar-refractivity contribution >= 4 is 38.5 Å². The number of nitrogens with zero attached hydrogens (tertiary/aromatic N) is 2. The molecule has 1 fully saturated rings. The highest BCUT2D eigenvalue weighted by atomic mass is 32.1. The SMILES string of the molecule is Cc1cc(C)c2nc(NC(=O)[C@H]3CC(=O)N(Cc4ccco4)C3)sc2c1. The molecule has 2 amide bonds. The summed E-state index contributed by atoms with van der Waals surface area (Å²) in [5.74, 6) is 0.162. The van der Waals surface area contributed by atoms with E-state index in [4.69, 9.17) is 4.42 Å². The lowest BCUT2D eigenvalue weighted by molar-refractivity contribution is -0.128. The fourth-order valence-electron chi connectivity index (χ4n) is 3.32. The Labute approximate surface area is 154 Å². The molecule has 1 aliphatic heterocycles. The summed E-state index contributed by atoms with van der Waals surface area (Å²) >= 11 is 1.46. The van der Waals surface area contributed by atoms with Gasteiger partial charge in [-0.05, 0) is 43.2 Å². The molecule has 3 heterocycles. The van der Waals surface area contributed by atoms with E-state index in [1.807, 2.05) is 19.9 Å². The van der Waals surface area contributed by atoms with Crippen LogP contribution in [0.2, 0.25) is 0 Å². The van der Waals surface area contributed by atoms with E-state index in [0.29, 0.717) is 18.2 Å². The van der Waals surface area contributed by atoms with Crippen molar-refractivity contribution in [2.24, 2.45) is 5.92 Å². The Morgan fingerprint density at radius 3 is 3.04 bits per heavy atom. The lowest BCUT2D eigenvalue weighted by Crippen LogP contribution is -2.27. The molecule has 1 atom stereocenters. The second-order valence-corrected chi connectivity index (χ2v) is 7.72. The van der Waals surface area contributed by atoms with Gasteiger partial charge in [0.05, 0.1) is 28.9 Å². The van der Waals surface area contributed by atoms with Crippen LogP contribution in [0.4, 0.5) is 5.13 Å². The maximum atomic E-state index is 12.6. The van der Waals surface area contributed by atoms with Crippen molar-refractivity contribution in [3.63, 3.8) is 0 Å². The van der Waals surface area contributed by atoms with Crippen molar-refractivity contribution in [3.05, 3.63) is 47.4 Å². The van der Waals surface area contributed by atoms with E-state index in [0.717, 1.165) is 21.5 Å². The van der Waals surface area contributed by atoms with E-state index in [1.54, 1.807) is 17.2 Å². The molecular weight excluding hydrogens is 350 g/mol. The van der Waals surface area contributed by atoms with Crippen LogP contribution in [0.5, 0.6) is 0 Å². The zero-order valence-corrected chi connectivity index (χ0v) is 15.4. The highest BCUT2D eigenvalue weighted by molar-refractivity contribution is 7.22. The number of rotatable bonds is 4. The minimum Gasteiger partial charge on any atom is -0.467 e. The third-order valence-corrected chi connectivity index (χ3v) is 5.49. The first kappa shape index (κ1) is 16.8. The van der Waals surface area contributed by atoms with Crippen LogP contribution >= 0.6 is 11.3 Å². The number of anilines is 1. The number of thiazole rings is 1. The summed E-state index contributed by atoms with van der Waals surface area (Å²) in [7, 11) is 0. The average Bonchev–Trinajstić information content (AvgIpc) is 3.29. The molecule has 1 saturated heterocycles. The fraction of sp³-hybridized carbons (Fsp3) is 0.316. The van der Waals surface area contributed by atoms with Gasteiger partial charge < -0.3 is 14.6 Å². The molecule has 1 N–H and O–H groups in total. The number of hydrogen-bond acceptors (Lipinski definition) is 5. The topological polar surface area (TPSA) is 75.4 Å². The molecule has 1 aliphatic rings. The monoisotopic (exact) mass is 369 g/mol. The van der Waals surface area contributed by atoms with E-state index in [1.165, 1.54) is 16.9 Å². The molecule has 2 aromatic heterocycles. The molecule has 0 radical (unpaired) electrons. The van der Waals surface area contributed by atoms with Crippen molar-refractivity contribution in [3.8, 4) is 0 Å². The largest absolute Gasteiger partial charge is 0.467 e. The summed E-state index contributed by atoms with van der Waals surface area (Å²) in [5.41, 5.74) is 3.18. The van der Waals surface area contributed by atoms with Gasteiger partial charge in [-0.1, -0.05) is 17.4 Å². The number of likely N-dealkylation sites (tertiary alicyclic amines) is 1. The summed E-state index contributed by atoms with van der Waals surface area (Å²) in [4.78, 5) is 31.0. The second-order valence-electron chi connectivity index (χ2n) is 6.69. The number of carbonyl (C=O) groups excluding carboxylic acids is 2. The number of nitrogens with one attached hydrogen (secondary N) is 1. The smallest absolute Gasteiger partial charge is 0.231 e. The fourth-order valence-corrected chi connectivity index (χ4v) is 4.37. The first-order valence-corrected chi connectivity index (χ1v) is 9.30. The summed E-state index contributed by atoms with van der Waals surface area (Å²) < 4.78 is 6.34. The van der Waals surface area contributed by atoms with Gasteiger partial charge >= 0.3 is 0 Å². The average molecular weight is 369 g/mol. The molecule has 4 rings (SSSR count). The number of fused-ring (bicyclic) bond motifs is 1. The van der Waals surface area contributed by atoms with Crippen LogP contribution in [0.1, 0.15) is 23.3 Å². The Hall–Kier alpha value is -2.67. The highest BCUT2D eigenvalue weighted by Gasteiger charge is 2.35. The third-order valence-electron chi connectivity index (χ3n) is 4.57. The van der Waals surface area contributed by atoms with Crippen molar-refractivity contribution < 1.29 is 14.0 Å². The van der Waals surface area contributed by atoms with Gasteiger partial charge in [0.25, 0.3) is 0 Å². The molecule has 0 spiro atoms. The van der Waals surface area contributed by atoms with Crippen LogP contribution < -0.4 is 5.32 Å². The Bertz CT molecular complexity index is 977. The zero-order valence-electron chi connectivity index (χ0n) is 14.6. The molecule has 0 unspecified atom stereocenters. The lowest BCUT2D eigenvalue weighted by Gasteiger charge is -2.14. The predicted molar refractivity (Wildman–Crippen MR) is 100.0 cm³/mol. The predicted octanol–water partition coefficient (Wildman–Crippen LogP) is 3.49. The van der Waals surface area contributed by atoms with Crippen molar-refractivity contribution in [2.45, 2.75) is 26.8 Å². The lowest BCUT2D eigenvalue weighted by atomic mass is 10.1. The standard InChI is InChI=1S/C19H19N3O3S/c1-11-6-12(2)17-15(7-11)26-19(20-17)21-18(24)13-8-16(23)22(9-13)10-14-4-3-5-25-14/h3-7,13H,8-10H2,1-2H3,(H,20,21,24)/t13-/m0/s1. The van der Waals surface area contributed by atoms with Gasteiger partial charge in [0, 0.05) is 13.0 Å². The number of benzene rings is 1. The number of aryl methyl sites for hydroxylation is 2. The van der Waals surface area contributed by atoms with Gasteiger partial charge in [0.1, 0.15) is 5.76 Å². The summed E-state index contributed by atoms with van der Waals surface area (Å²) in [5, 5.41) is 3.47. The molecular formula is C19H19N3O3S. The molecule has 134 valence electrons. The van der Waals surface area contributed by atoms with Gasteiger partial charge in [-0.15, -0.1) is 0 Å². The maximum absolute atomic E-state index is 12.6. The van der Waals surface area contributed by atoms with E-state index in [-0.39, 0.29) is 24.2 Å². The van der Waals surface area contributed by atoms with Crippen LogP contribution in [0, 0.1) is 19.8 Å². The van der Waals surface area contributed by atoms with Gasteiger partial charge in [0.15, 0.2) is 5.13 Å². The maximum Gasteiger partial charge on any atom is 0.231 e. The summed E-state index contributed by atoms with van der Waals surface area (Å²) in [6, 6.07) is 7.76. The Morgan fingerprint density at radius 1 is 1.42 bits per heavy atom. The molecule has 0 bridgehead atoms. The van der Waals surface area contributed by atoms with E-state index < -0.39 is 0 Å². The van der Waals surface area contributed by atoms with Crippen LogP contribution in [0.15, 0.2) is 34.9 Å². The van der Waals surface area contributed by atoms with E-state index in [9.17, 15) is 9.59 Å². The molecule has 3 aromatic rings. The molecule has 1 aromatic carbocycles. The van der Waals surface area contributed by atoms with Gasteiger partial charge in [-0.2, -0.15) is 0 Å². The number of aromatic nitrogens is 1. The number of furan rings is 1. The van der Waals surface area contributed by atoms with Crippen LogP contribution in [-0.2, 0) is 16.1 Å². The first-order chi connectivity index (χ1) is 12.5. The normalized spacial score (nSPS) is 17.2. The van der Waals surface area contributed by atoms with Crippen molar-refractivity contribution in [1.29, 1.82) is 0 Å². The minimum atomic E-state index is -0.368.